The lowest BCUT2D eigenvalue weighted by Gasteiger charge is -2.21. The topological polar surface area (TPSA) is 83.2 Å². The Morgan fingerprint density at radius 2 is 1.73 bits per heavy atom. The van der Waals surface area contributed by atoms with E-state index in [1.807, 2.05) is 0 Å². The summed E-state index contributed by atoms with van der Waals surface area (Å²) in [7, 11) is 0. The second-order valence-corrected chi connectivity index (χ2v) is 5.15. The van der Waals surface area contributed by atoms with Crippen molar-refractivity contribution in [2.75, 3.05) is 5.73 Å². The third kappa shape index (κ3) is 4.38. The van der Waals surface area contributed by atoms with Gasteiger partial charge in [-0.25, -0.2) is 4.98 Å². The van der Waals surface area contributed by atoms with E-state index in [0.29, 0.717) is 11.5 Å². The Bertz CT molecular complexity index is 858. The minimum atomic E-state index is -4.65. The zero-order valence-electron chi connectivity index (χ0n) is 13.2. The molecule has 0 bridgehead atoms. The standard InChI is InChI=1S/C17H13F3N4O2/c18-17(19,20)15(26-14-7-9-23-16(21)24-14)11-3-5-12(6-4-11)25-13-2-1-8-22-10-13/h1-10,15H,(H2,21,23,24). The van der Waals surface area contributed by atoms with Crippen molar-refractivity contribution < 1.29 is 22.6 Å². The van der Waals surface area contributed by atoms with Crippen molar-refractivity contribution in [1.29, 1.82) is 0 Å². The molecule has 2 aromatic heterocycles. The summed E-state index contributed by atoms with van der Waals surface area (Å²) in [6, 6.07) is 9.95. The maximum Gasteiger partial charge on any atom is 0.429 e. The highest BCUT2D eigenvalue weighted by molar-refractivity contribution is 5.33. The zero-order chi connectivity index (χ0) is 18.6. The average Bonchev–Trinajstić information content (AvgIpc) is 2.61. The largest absolute Gasteiger partial charge is 0.460 e. The number of anilines is 1. The molecule has 0 aliphatic carbocycles. The van der Waals surface area contributed by atoms with Gasteiger partial charge in [-0.3, -0.25) is 4.98 Å². The molecule has 1 unspecified atom stereocenters. The van der Waals surface area contributed by atoms with Gasteiger partial charge in [0.1, 0.15) is 11.5 Å². The molecule has 134 valence electrons. The zero-order valence-corrected chi connectivity index (χ0v) is 13.2. The summed E-state index contributed by atoms with van der Waals surface area (Å²) in [5.41, 5.74) is 5.27. The number of benzene rings is 1. The predicted molar refractivity (Wildman–Crippen MR) is 86.6 cm³/mol. The van der Waals surface area contributed by atoms with Crippen molar-refractivity contribution in [3.63, 3.8) is 0 Å². The molecule has 26 heavy (non-hydrogen) atoms. The van der Waals surface area contributed by atoms with Crippen LogP contribution >= 0.6 is 0 Å². The Kier molecular flexibility index (Phi) is 4.87. The molecule has 0 amide bonds. The third-order valence-electron chi connectivity index (χ3n) is 3.24. The van der Waals surface area contributed by atoms with Crippen molar-refractivity contribution in [3.8, 4) is 17.4 Å². The Morgan fingerprint density at radius 3 is 2.35 bits per heavy atom. The second-order valence-electron chi connectivity index (χ2n) is 5.15. The number of rotatable bonds is 5. The summed E-state index contributed by atoms with van der Waals surface area (Å²) >= 11 is 0. The highest BCUT2D eigenvalue weighted by Crippen LogP contribution is 2.37. The Labute approximate surface area is 146 Å². The van der Waals surface area contributed by atoms with Crippen molar-refractivity contribution in [2.45, 2.75) is 12.3 Å². The number of hydrogen-bond acceptors (Lipinski definition) is 6. The van der Waals surface area contributed by atoms with Gasteiger partial charge in [-0.15, -0.1) is 0 Å². The van der Waals surface area contributed by atoms with Crippen LogP contribution in [-0.4, -0.2) is 21.1 Å². The molecule has 0 aliphatic rings. The normalized spacial score (nSPS) is 12.4. The van der Waals surface area contributed by atoms with Crippen LogP contribution in [0.2, 0.25) is 0 Å². The highest BCUT2D eigenvalue weighted by atomic mass is 19.4. The minimum absolute atomic E-state index is 0.103. The van der Waals surface area contributed by atoms with E-state index in [-0.39, 0.29) is 17.4 Å². The molecule has 0 spiro atoms. The maximum absolute atomic E-state index is 13.4. The molecular formula is C17H13F3N4O2. The molecule has 0 radical (unpaired) electrons. The predicted octanol–water partition coefficient (Wildman–Crippen LogP) is 3.93. The maximum atomic E-state index is 13.4. The van der Waals surface area contributed by atoms with E-state index in [1.165, 1.54) is 42.7 Å². The number of hydrogen-bond donors (Lipinski definition) is 1. The molecule has 2 N–H and O–H groups in total. The van der Waals surface area contributed by atoms with Crippen LogP contribution in [0.4, 0.5) is 19.1 Å². The summed E-state index contributed by atoms with van der Waals surface area (Å²) in [5.74, 6) is 0.397. The summed E-state index contributed by atoms with van der Waals surface area (Å²) in [4.78, 5) is 11.2. The van der Waals surface area contributed by atoms with E-state index in [9.17, 15) is 13.2 Å². The van der Waals surface area contributed by atoms with Gasteiger partial charge in [0, 0.05) is 24.0 Å². The number of pyridine rings is 1. The van der Waals surface area contributed by atoms with E-state index in [1.54, 1.807) is 18.3 Å². The van der Waals surface area contributed by atoms with Gasteiger partial charge in [0.25, 0.3) is 0 Å². The van der Waals surface area contributed by atoms with Crippen LogP contribution in [0.25, 0.3) is 0 Å². The summed E-state index contributed by atoms with van der Waals surface area (Å²) < 4.78 is 50.7. The Morgan fingerprint density at radius 1 is 0.962 bits per heavy atom. The van der Waals surface area contributed by atoms with Crippen LogP contribution < -0.4 is 15.2 Å². The molecular weight excluding hydrogens is 349 g/mol. The first-order valence-electron chi connectivity index (χ1n) is 7.41. The van der Waals surface area contributed by atoms with E-state index >= 15 is 0 Å². The van der Waals surface area contributed by atoms with E-state index in [2.05, 4.69) is 15.0 Å². The molecule has 0 aliphatic heterocycles. The number of ether oxygens (including phenoxy) is 2. The van der Waals surface area contributed by atoms with Crippen molar-refractivity contribution in [2.24, 2.45) is 0 Å². The Hall–Kier alpha value is -3.36. The van der Waals surface area contributed by atoms with Crippen LogP contribution in [0.15, 0.2) is 61.1 Å². The molecule has 3 rings (SSSR count). The SMILES string of the molecule is Nc1nccc(OC(c2ccc(Oc3cccnc3)cc2)C(F)(F)F)n1. The lowest BCUT2D eigenvalue weighted by molar-refractivity contribution is -0.198. The molecule has 1 aromatic carbocycles. The van der Waals surface area contributed by atoms with Crippen LogP contribution in [0.5, 0.6) is 17.4 Å². The van der Waals surface area contributed by atoms with E-state index in [4.69, 9.17) is 15.2 Å². The first-order chi connectivity index (χ1) is 12.4. The number of nitrogens with zero attached hydrogens (tertiary/aromatic N) is 3. The van der Waals surface area contributed by atoms with Gasteiger partial charge in [0.05, 0.1) is 6.20 Å². The quantitative estimate of drug-likeness (QED) is 0.740. The molecule has 3 aromatic rings. The minimum Gasteiger partial charge on any atom is -0.460 e. The summed E-state index contributed by atoms with van der Waals surface area (Å²) in [6.45, 7) is 0. The molecule has 9 heteroatoms. The second kappa shape index (κ2) is 7.26. The highest BCUT2D eigenvalue weighted by Gasteiger charge is 2.43. The van der Waals surface area contributed by atoms with E-state index in [0.717, 1.165) is 0 Å². The lowest BCUT2D eigenvalue weighted by atomic mass is 10.1. The van der Waals surface area contributed by atoms with Gasteiger partial charge in [0.15, 0.2) is 0 Å². The first-order valence-corrected chi connectivity index (χ1v) is 7.41. The third-order valence-corrected chi connectivity index (χ3v) is 3.24. The van der Waals surface area contributed by atoms with Gasteiger partial charge < -0.3 is 15.2 Å². The number of aromatic nitrogens is 3. The fourth-order valence-corrected chi connectivity index (χ4v) is 2.12. The number of alkyl halides is 3. The molecule has 0 fully saturated rings. The first kappa shape index (κ1) is 17.5. The van der Waals surface area contributed by atoms with Crippen LogP contribution in [0.3, 0.4) is 0 Å². The molecule has 0 saturated carbocycles. The number of nitrogens with two attached hydrogens (primary N) is 1. The van der Waals surface area contributed by atoms with Crippen LogP contribution in [0.1, 0.15) is 11.7 Å². The molecule has 1 atom stereocenters. The number of nitrogen functional groups attached to an aromatic ring is 1. The average molecular weight is 362 g/mol. The summed E-state index contributed by atoms with van der Waals surface area (Å²) in [5, 5.41) is 0. The molecule has 0 saturated heterocycles. The van der Waals surface area contributed by atoms with Crippen LogP contribution in [0, 0.1) is 0 Å². The fourth-order valence-electron chi connectivity index (χ4n) is 2.12. The van der Waals surface area contributed by atoms with Crippen molar-refractivity contribution in [3.05, 3.63) is 66.6 Å². The van der Waals surface area contributed by atoms with Gasteiger partial charge in [-0.1, -0.05) is 12.1 Å². The van der Waals surface area contributed by atoms with Gasteiger partial charge >= 0.3 is 6.18 Å². The van der Waals surface area contributed by atoms with Crippen molar-refractivity contribution in [1.82, 2.24) is 15.0 Å². The van der Waals surface area contributed by atoms with E-state index < -0.39 is 12.3 Å². The van der Waals surface area contributed by atoms with Gasteiger partial charge in [-0.2, -0.15) is 18.2 Å². The van der Waals surface area contributed by atoms with Gasteiger partial charge in [-0.05, 0) is 24.3 Å². The molecule has 2 heterocycles. The molecule has 6 nitrogen and oxygen atoms in total. The summed E-state index contributed by atoms with van der Waals surface area (Å²) in [6.07, 6.45) is -2.55. The van der Waals surface area contributed by atoms with Crippen LogP contribution in [-0.2, 0) is 0 Å². The lowest BCUT2D eigenvalue weighted by Crippen LogP contribution is -2.26. The van der Waals surface area contributed by atoms with Gasteiger partial charge in [0.2, 0.25) is 17.9 Å². The fraction of sp³-hybridized carbons (Fsp3) is 0.118. The smallest absolute Gasteiger partial charge is 0.429 e. The van der Waals surface area contributed by atoms with Crippen molar-refractivity contribution >= 4 is 5.95 Å². The monoisotopic (exact) mass is 362 g/mol. The Balaban J connectivity index is 1.81. The number of halogens is 3.